The molecular formula is C39H67NO10P2. The molecule has 2 atom stereocenters. The van der Waals surface area contributed by atoms with Gasteiger partial charge in [-0.25, -0.2) is 0 Å². The average molecular weight is 772 g/mol. The molecule has 2 aromatic rings. The molecule has 1 N–H and O–H groups in total. The molecule has 0 heterocycles. The van der Waals surface area contributed by atoms with Crippen LogP contribution in [-0.4, -0.2) is 64.2 Å². The Morgan fingerprint density at radius 2 is 1.08 bits per heavy atom. The average Bonchev–Trinajstić information content (AvgIpc) is 3.05. The van der Waals surface area contributed by atoms with Crippen LogP contribution in [0.4, 0.5) is 5.69 Å². The molecule has 298 valence electrons. The third-order valence-corrected chi connectivity index (χ3v) is 14.7. The minimum Gasteiger partial charge on any atom is -0.468 e. The summed E-state index contributed by atoms with van der Waals surface area (Å²) < 4.78 is 74.7. The van der Waals surface area contributed by atoms with Crippen molar-refractivity contribution in [3.05, 3.63) is 53.6 Å². The summed E-state index contributed by atoms with van der Waals surface area (Å²) in [6.07, 6.45) is 1.71. The summed E-state index contributed by atoms with van der Waals surface area (Å²) in [5.41, 5.74) is 3.32. The fourth-order valence-corrected chi connectivity index (χ4v) is 12.3. The van der Waals surface area contributed by atoms with Crippen LogP contribution in [0.1, 0.15) is 124 Å². The Morgan fingerprint density at radius 1 is 0.615 bits per heavy atom. The van der Waals surface area contributed by atoms with Crippen molar-refractivity contribution in [2.24, 2.45) is 0 Å². The van der Waals surface area contributed by atoms with E-state index in [1.54, 1.807) is 69.6 Å². The van der Waals surface area contributed by atoms with Crippen molar-refractivity contribution in [2.45, 2.75) is 143 Å². The normalized spacial score (nSPS) is 13.8. The van der Waals surface area contributed by atoms with Crippen LogP contribution >= 0.6 is 15.2 Å². The molecule has 0 aromatic heterocycles. The monoisotopic (exact) mass is 771 g/mol. The van der Waals surface area contributed by atoms with Crippen LogP contribution in [0, 0.1) is 0 Å². The number of hydrogen-bond acceptors (Lipinski definition) is 11. The summed E-state index contributed by atoms with van der Waals surface area (Å²) in [4.78, 5) is 0. The molecule has 0 bridgehead atoms. The smallest absolute Gasteiger partial charge is 0.346 e. The van der Waals surface area contributed by atoms with Crippen LogP contribution in [0.3, 0.4) is 0 Å². The quantitative estimate of drug-likeness (QED) is 0.0531. The predicted molar refractivity (Wildman–Crippen MR) is 210 cm³/mol. The summed E-state index contributed by atoms with van der Waals surface area (Å²) in [6.45, 7) is 19.6. The summed E-state index contributed by atoms with van der Waals surface area (Å²) in [6, 6.07) is 14.6. The van der Waals surface area contributed by atoms with Crippen molar-refractivity contribution in [3.63, 3.8) is 0 Å². The Hall–Kier alpha value is -1.94. The van der Waals surface area contributed by atoms with Crippen LogP contribution in [0.25, 0.3) is 0 Å². The van der Waals surface area contributed by atoms with Gasteiger partial charge in [-0.15, -0.1) is 0 Å². The van der Waals surface area contributed by atoms with E-state index in [-0.39, 0.29) is 25.9 Å². The van der Waals surface area contributed by atoms with Crippen LogP contribution in [0.5, 0.6) is 11.5 Å². The van der Waals surface area contributed by atoms with Crippen LogP contribution < -0.4 is 14.8 Å². The molecule has 0 radical (unpaired) electrons. The van der Waals surface area contributed by atoms with Gasteiger partial charge >= 0.3 is 15.2 Å². The van der Waals surface area contributed by atoms with Gasteiger partial charge in [0.15, 0.2) is 19.0 Å². The molecule has 2 unspecified atom stereocenters. The lowest BCUT2D eigenvalue weighted by Crippen LogP contribution is -2.23. The molecule has 0 spiro atoms. The summed E-state index contributed by atoms with van der Waals surface area (Å²) in [7, 11) is -4.70. The van der Waals surface area contributed by atoms with Crippen molar-refractivity contribution in [3.8, 4) is 11.5 Å². The lowest BCUT2D eigenvalue weighted by atomic mass is 9.78. The molecule has 2 aromatic carbocycles. The standard InChI is InChI=1S/C39H67NO10P2/c1-13-35(32-18-21-34(22-19-32)45-26-43-11)36(14-2)33-20-23-38(46-27-44-12)37(25-33)40-24-16-15-17-39(51(41,47-28(3)4)48-29(5)6)52(42,49-30(7)8)50-31(9)10/h18-23,25,28-31,35-36,39-40H,13-17,24,26-27H2,1-12H3. The number of unbranched alkanes of at least 4 members (excludes halogenated alkanes) is 1. The van der Waals surface area contributed by atoms with Crippen molar-refractivity contribution < 1.29 is 46.2 Å². The van der Waals surface area contributed by atoms with Gasteiger partial charge in [0, 0.05) is 20.8 Å². The van der Waals surface area contributed by atoms with E-state index in [4.69, 9.17) is 37.0 Å². The molecule has 11 nitrogen and oxygen atoms in total. The molecule has 0 aliphatic heterocycles. The van der Waals surface area contributed by atoms with Crippen molar-refractivity contribution in [2.75, 3.05) is 39.7 Å². The van der Waals surface area contributed by atoms with Gasteiger partial charge in [0.25, 0.3) is 0 Å². The van der Waals surface area contributed by atoms with E-state index in [1.807, 2.05) is 18.2 Å². The van der Waals surface area contributed by atoms with Gasteiger partial charge in [0.1, 0.15) is 11.5 Å². The highest BCUT2D eigenvalue weighted by molar-refractivity contribution is 7.72. The molecule has 0 aliphatic carbocycles. The van der Waals surface area contributed by atoms with Gasteiger partial charge in [-0.2, -0.15) is 0 Å². The SMILES string of the molecule is CCC(c1ccc(OCOC)cc1)C(CC)c1ccc(OCOC)c(NCCCCC(P(=O)(OC(C)C)OC(C)C)P(=O)(OC(C)C)OC(C)C)c1. The van der Waals surface area contributed by atoms with Crippen LogP contribution in [0.2, 0.25) is 0 Å². The van der Waals surface area contributed by atoms with Gasteiger partial charge in [-0.1, -0.05) is 38.5 Å². The second-order valence-electron chi connectivity index (χ2n) is 14.1. The van der Waals surface area contributed by atoms with Crippen molar-refractivity contribution in [1.82, 2.24) is 0 Å². The third kappa shape index (κ3) is 14.7. The second kappa shape index (κ2) is 23.1. The first-order chi connectivity index (χ1) is 24.6. The summed E-state index contributed by atoms with van der Waals surface area (Å²) in [5.74, 6) is 2.02. The van der Waals surface area contributed by atoms with Crippen LogP contribution in [0.15, 0.2) is 42.5 Å². The molecule has 0 fully saturated rings. The van der Waals surface area contributed by atoms with E-state index in [2.05, 4.69) is 43.4 Å². The first-order valence-electron chi connectivity index (χ1n) is 18.8. The number of methoxy groups -OCH3 is 2. The molecule has 0 aliphatic rings. The van der Waals surface area contributed by atoms with Crippen molar-refractivity contribution in [1.29, 1.82) is 0 Å². The largest absolute Gasteiger partial charge is 0.468 e. The molecule has 13 heteroatoms. The van der Waals surface area contributed by atoms with Gasteiger partial charge < -0.3 is 42.4 Å². The van der Waals surface area contributed by atoms with E-state index < -0.39 is 45.0 Å². The fraction of sp³-hybridized carbons (Fsp3) is 0.692. The number of nitrogens with one attached hydrogen (secondary N) is 1. The molecular weight excluding hydrogens is 704 g/mol. The number of benzene rings is 2. The Balaban J connectivity index is 2.34. The molecule has 0 saturated heterocycles. The lowest BCUT2D eigenvalue weighted by Gasteiger charge is -2.35. The van der Waals surface area contributed by atoms with E-state index >= 15 is 0 Å². The number of rotatable bonds is 27. The first kappa shape index (κ1) is 46.2. The van der Waals surface area contributed by atoms with E-state index in [0.29, 0.717) is 31.1 Å². The Bertz CT molecular complexity index is 1320. The Kier molecular flexibility index (Phi) is 20.5. The Labute approximate surface area is 314 Å². The molecule has 52 heavy (non-hydrogen) atoms. The van der Waals surface area contributed by atoms with Gasteiger partial charge in [-0.05, 0) is 128 Å². The van der Waals surface area contributed by atoms with Gasteiger partial charge in [0.05, 0.1) is 30.1 Å². The lowest BCUT2D eigenvalue weighted by molar-refractivity contribution is 0.0510. The molecule has 0 saturated carbocycles. The Morgan fingerprint density at radius 3 is 1.54 bits per heavy atom. The number of hydrogen-bond donors (Lipinski definition) is 1. The first-order valence-corrected chi connectivity index (χ1v) is 22.0. The molecule has 2 rings (SSSR count). The molecule has 0 amide bonds. The van der Waals surface area contributed by atoms with Gasteiger partial charge in [0.2, 0.25) is 0 Å². The van der Waals surface area contributed by atoms with Crippen molar-refractivity contribution >= 4 is 20.9 Å². The number of ether oxygens (including phenoxy) is 4. The maximum atomic E-state index is 14.5. The predicted octanol–water partition coefficient (Wildman–Crippen LogP) is 11.3. The zero-order chi connectivity index (χ0) is 38.9. The van der Waals surface area contributed by atoms with Gasteiger partial charge in [-0.3, -0.25) is 9.13 Å². The maximum Gasteiger partial charge on any atom is 0.346 e. The van der Waals surface area contributed by atoms with E-state index in [1.165, 1.54) is 11.1 Å². The maximum absolute atomic E-state index is 14.5. The minimum absolute atomic E-state index is 0.115. The highest BCUT2D eigenvalue weighted by Gasteiger charge is 2.52. The zero-order valence-corrected chi connectivity index (χ0v) is 35.5. The topological polar surface area (TPSA) is 120 Å². The van der Waals surface area contributed by atoms with E-state index in [0.717, 1.165) is 24.3 Å². The highest BCUT2D eigenvalue weighted by Crippen LogP contribution is 2.73. The summed E-state index contributed by atoms with van der Waals surface area (Å²) >= 11 is 0. The zero-order valence-electron chi connectivity index (χ0n) is 33.7. The number of anilines is 1. The second-order valence-corrected chi connectivity index (χ2v) is 18.7. The fourth-order valence-electron chi connectivity index (χ4n) is 6.28. The summed E-state index contributed by atoms with van der Waals surface area (Å²) in [5, 5.41) is 2.49. The highest BCUT2D eigenvalue weighted by atomic mass is 31.2. The van der Waals surface area contributed by atoms with E-state index in [9.17, 15) is 9.13 Å². The van der Waals surface area contributed by atoms with Crippen LogP contribution in [-0.2, 0) is 36.7 Å². The minimum atomic E-state index is -3.95. The third-order valence-electron chi connectivity index (χ3n) is 8.15.